The molecule has 0 radical (unpaired) electrons. The molecule has 3 heterocycles. The number of aromatic nitrogens is 6. The molecule has 0 spiro atoms. The van der Waals surface area contributed by atoms with E-state index in [-0.39, 0.29) is 54.1 Å². The van der Waals surface area contributed by atoms with Gasteiger partial charge in [0.1, 0.15) is 16.9 Å². The topological polar surface area (TPSA) is 97.0 Å². The van der Waals surface area contributed by atoms with Crippen LogP contribution in [0, 0.1) is 5.82 Å². The lowest BCUT2D eigenvalue weighted by Crippen LogP contribution is -2.14. The van der Waals surface area contributed by atoms with Crippen molar-refractivity contribution in [2.45, 2.75) is 26.1 Å². The number of alkyl halides is 3. The second-order valence-electron chi connectivity index (χ2n) is 7.16. The Morgan fingerprint density at radius 1 is 1.17 bits per heavy atom. The predicted molar refractivity (Wildman–Crippen MR) is 121 cm³/mol. The summed E-state index contributed by atoms with van der Waals surface area (Å²) in [6, 6.07) is 1.25. The van der Waals surface area contributed by atoms with Gasteiger partial charge in [0.25, 0.3) is 5.95 Å². The monoisotopic (exact) mass is 512 g/mol. The average Bonchev–Trinajstić information content (AvgIpc) is 3.45. The van der Waals surface area contributed by atoms with E-state index in [9.17, 15) is 22.4 Å². The smallest absolute Gasteiger partial charge is 0.416 e. The number of hydrogen-bond donors (Lipinski definition) is 0. The summed E-state index contributed by atoms with van der Waals surface area (Å²) < 4.78 is 66.7. The molecule has 1 atom stereocenters. The third-order valence-electron chi connectivity index (χ3n) is 5.03. The van der Waals surface area contributed by atoms with Crippen molar-refractivity contribution in [3.05, 3.63) is 59.3 Å². The normalized spacial score (nSPS) is 12.3. The van der Waals surface area contributed by atoms with Gasteiger partial charge >= 0.3 is 12.1 Å². The van der Waals surface area contributed by atoms with Crippen LogP contribution in [0.15, 0.2) is 36.8 Å². The van der Waals surface area contributed by atoms with Crippen molar-refractivity contribution in [2.24, 2.45) is 0 Å². The van der Waals surface area contributed by atoms with E-state index in [1.807, 2.05) is 0 Å². The Kier molecular flexibility index (Phi) is 7.33. The standard InChI is InChI=1S/C21H18F4N6O3.H2S/c1-4-34-19(32)12-8-26-30(10-12)20-28-16-9-27-31(17(16)18(29-20)33-3)11(2)14-7-13(21(23,24)25)5-6-15(14)22;/h5-11H,4H2,1-3H3;1H2/t11-;/m0./s1. The van der Waals surface area contributed by atoms with Gasteiger partial charge in [-0.2, -0.15) is 41.8 Å². The molecule has 0 amide bonds. The van der Waals surface area contributed by atoms with Crippen LogP contribution in [0.5, 0.6) is 5.88 Å². The lowest BCUT2D eigenvalue weighted by Gasteiger charge is -2.17. The second kappa shape index (κ2) is 9.90. The molecule has 14 heteroatoms. The Morgan fingerprint density at radius 2 is 1.91 bits per heavy atom. The number of carbonyl (C=O) groups is 1. The first-order chi connectivity index (χ1) is 16.1. The van der Waals surface area contributed by atoms with Crippen molar-refractivity contribution < 1.29 is 31.8 Å². The van der Waals surface area contributed by atoms with Gasteiger partial charge in [-0.05, 0) is 32.0 Å². The van der Waals surface area contributed by atoms with Crippen molar-refractivity contribution in [1.29, 1.82) is 0 Å². The van der Waals surface area contributed by atoms with Crippen LogP contribution in [-0.4, -0.2) is 49.2 Å². The maximum Gasteiger partial charge on any atom is 0.416 e. The minimum Gasteiger partial charge on any atom is -0.479 e. The second-order valence-corrected chi connectivity index (χ2v) is 7.16. The van der Waals surface area contributed by atoms with Crippen LogP contribution in [0.25, 0.3) is 17.0 Å². The Morgan fingerprint density at radius 3 is 2.57 bits per heavy atom. The Labute approximate surface area is 203 Å². The first kappa shape index (κ1) is 25.9. The largest absolute Gasteiger partial charge is 0.479 e. The molecular formula is C21H20F4N6O3S. The third kappa shape index (κ3) is 4.92. The quantitative estimate of drug-likeness (QED) is 0.284. The zero-order valence-corrected chi connectivity index (χ0v) is 19.7. The SMILES string of the molecule is CCOC(=O)c1cnn(-c2nc(OC)c3c(cnn3[C@@H](C)c3cc(C(F)(F)F)ccc3F)n2)c1.S. The van der Waals surface area contributed by atoms with E-state index in [2.05, 4.69) is 20.2 Å². The summed E-state index contributed by atoms with van der Waals surface area (Å²) in [5, 5.41) is 8.25. The highest BCUT2D eigenvalue weighted by atomic mass is 32.1. The molecule has 0 aliphatic heterocycles. The number of benzene rings is 1. The molecule has 0 saturated carbocycles. The fourth-order valence-electron chi connectivity index (χ4n) is 3.38. The van der Waals surface area contributed by atoms with Gasteiger partial charge in [-0.25, -0.2) is 18.9 Å². The molecule has 0 bridgehead atoms. The lowest BCUT2D eigenvalue weighted by molar-refractivity contribution is -0.137. The van der Waals surface area contributed by atoms with Gasteiger partial charge < -0.3 is 9.47 Å². The summed E-state index contributed by atoms with van der Waals surface area (Å²) in [7, 11) is 1.34. The summed E-state index contributed by atoms with van der Waals surface area (Å²) in [5.41, 5.74) is -0.484. The van der Waals surface area contributed by atoms with Gasteiger partial charge in [0.15, 0.2) is 0 Å². The highest BCUT2D eigenvalue weighted by Crippen LogP contribution is 2.34. The first-order valence-corrected chi connectivity index (χ1v) is 10.0. The molecule has 4 rings (SSSR count). The van der Waals surface area contributed by atoms with Crippen LogP contribution in [0.4, 0.5) is 17.6 Å². The van der Waals surface area contributed by atoms with E-state index < -0.39 is 29.6 Å². The summed E-state index contributed by atoms with van der Waals surface area (Å²) in [4.78, 5) is 20.5. The van der Waals surface area contributed by atoms with Crippen molar-refractivity contribution in [1.82, 2.24) is 29.5 Å². The summed E-state index contributed by atoms with van der Waals surface area (Å²) in [6.45, 7) is 3.37. The molecule has 0 saturated heterocycles. The van der Waals surface area contributed by atoms with E-state index >= 15 is 0 Å². The molecule has 4 aromatic rings. The molecule has 0 aliphatic rings. The number of esters is 1. The fraction of sp³-hybridized carbons (Fsp3) is 0.286. The maximum absolute atomic E-state index is 14.5. The van der Waals surface area contributed by atoms with Gasteiger partial charge in [-0.15, -0.1) is 0 Å². The van der Waals surface area contributed by atoms with Gasteiger partial charge in [0.2, 0.25) is 5.88 Å². The van der Waals surface area contributed by atoms with Crippen LogP contribution in [0.3, 0.4) is 0 Å². The molecule has 9 nitrogen and oxygen atoms in total. The lowest BCUT2D eigenvalue weighted by atomic mass is 10.0. The number of carbonyl (C=O) groups excluding carboxylic acids is 1. The highest BCUT2D eigenvalue weighted by Gasteiger charge is 2.32. The number of nitrogens with zero attached hydrogens (tertiary/aromatic N) is 6. The van der Waals surface area contributed by atoms with Gasteiger partial charge in [0.05, 0.1) is 43.3 Å². The molecule has 3 aromatic heterocycles. The zero-order chi connectivity index (χ0) is 24.6. The van der Waals surface area contributed by atoms with Crippen LogP contribution in [0.2, 0.25) is 0 Å². The van der Waals surface area contributed by atoms with Gasteiger partial charge in [-0.1, -0.05) is 0 Å². The molecule has 186 valence electrons. The van der Waals surface area contributed by atoms with Crippen LogP contribution in [0.1, 0.15) is 41.4 Å². The summed E-state index contributed by atoms with van der Waals surface area (Å²) >= 11 is 0. The average molecular weight is 512 g/mol. The van der Waals surface area contributed by atoms with Gasteiger partial charge in [-0.3, -0.25) is 4.68 Å². The third-order valence-corrected chi connectivity index (χ3v) is 5.03. The fourth-order valence-corrected chi connectivity index (χ4v) is 3.38. The number of ether oxygens (including phenoxy) is 2. The molecule has 1 aromatic carbocycles. The number of fused-ring (bicyclic) bond motifs is 1. The predicted octanol–water partition coefficient (Wildman–Crippen LogP) is 4.08. The number of rotatable bonds is 6. The van der Waals surface area contributed by atoms with Crippen molar-refractivity contribution in [3.63, 3.8) is 0 Å². The van der Waals surface area contributed by atoms with Crippen molar-refractivity contribution in [2.75, 3.05) is 13.7 Å². The van der Waals surface area contributed by atoms with E-state index in [0.717, 1.165) is 12.1 Å². The molecule has 35 heavy (non-hydrogen) atoms. The minimum absolute atomic E-state index is 0. The number of hydrogen-bond acceptors (Lipinski definition) is 7. The van der Waals surface area contributed by atoms with E-state index in [0.29, 0.717) is 6.07 Å². The van der Waals surface area contributed by atoms with Crippen LogP contribution in [-0.2, 0) is 10.9 Å². The van der Waals surface area contributed by atoms with Crippen molar-refractivity contribution in [3.8, 4) is 11.8 Å². The maximum atomic E-state index is 14.5. The first-order valence-electron chi connectivity index (χ1n) is 10.0. The zero-order valence-electron chi connectivity index (χ0n) is 18.7. The Balaban J connectivity index is 0.00000342. The van der Waals surface area contributed by atoms with E-state index in [4.69, 9.17) is 9.47 Å². The number of methoxy groups -OCH3 is 1. The molecular weight excluding hydrogens is 492 g/mol. The van der Waals surface area contributed by atoms with E-state index in [1.165, 1.54) is 42.0 Å². The highest BCUT2D eigenvalue weighted by molar-refractivity contribution is 7.59. The van der Waals surface area contributed by atoms with E-state index in [1.54, 1.807) is 6.92 Å². The van der Waals surface area contributed by atoms with Crippen LogP contribution >= 0.6 is 13.5 Å². The molecule has 0 fully saturated rings. The van der Waals surface area contributed by atoms with Crippen LogP contribution < -0.4 is 4.74 Å². The summed E-state index contributed by atoms with van der Waals surface area (Å²) in [6.07, 6.45) is -0.610. The Bertz CT molecular complexity index is 1370. The van der Waals surface area contributed by atoms with Gasteiger partial charge in [0, 0.05) is 11.8 Å². The molecule has 0 unspecified atom stereocenters. The Hall–Kier alpha value is -3.68. The number of halogens is 4. The minimum atomic E-state index is -4.63. The molecule has 0 aliphatic carbocycles. The van der Waals surface area contributed by atoms with Crippen molar-refractivity contribution >= 4 is 30.5 Å². The summed E-state index contributed by atoms with van der Waals surface area (Å²) in [5.74, 6) is -1.29. The molecule has 0 N–H and O–H groups in total.